The molecule has 2 aliphatic heterocycles. The van der Waals surface area contributed by atoms with Gasteiger partial charge in [0.1, 0.15) is 23.4 Å². The fourth-order valence-electron chi connectivity index (χ4n) is 5.22. The van der Waals surface area contributed by atoms with Gasteiger partial charge in [0.15, 0.2) is 0 Å². The van der Waals surface area contributed by atoms with Gasteiger partial charge in [-0.3, -0.25) is 4.79 Å². The molecular weight excluding hydrogens is 424 g/mol. The van der Waals surface area contributed by atoms with Gasteiger partial charge in [0.05, 0.1) is 0 Å². The Kier molecular flexibility index (Phi) is 6.54. The van der Waals surface area contributed by atoms with E-state index >= 15 is 0 Å². The van der Waals surface area contributed by atoms with Crippen molar-refractivity contribution in [3.63, 3.8) is 0 Å². The molecule has 0 aliphatic carbocycles. The molecule has 5 heteroatoms. The predicted molar refractivity (Wildman–Crippen MR) is 133 cm³/mol. The maximum absolute atomic E-state index is 13.1. The van der Waals surface area contributed by atoms with Gasteiger partial charge in [0.2, 0.25) is 0 Å². The molecule has 0 saturated carbocycles. The molecule has 1 unspecified atom stereocenters. The number of fused-ring (bicyclic) bond motifs is 2. The zero-order valence-corrected chi connectivity index (χ0v) is 19.9. The molecule has 3 aromatic rings. The Balaban J connectivity index is 1.22. The molecule has 0 N–H and O–H groups in total. The summed E-state index contributed by atoms with van der Waals surface area (Å²) in [6, 6.07) is 26.3. The van der Waals surface area contributed by atoms with Crippen molar-refractivity contribution in [2.75, 3.05) is 14.1 Å². The van der Waals surface area contributed by atoms with Gasteiger partial charge in [0, 0.05) is 36.8 Å². The molecular formula is C29H32N2O3. The van der Waals surface area contributed by atoms with Crippen molar-refractivity contribution in [1.82, 2.24) is 9.80 Å². The zero-order chi connectivity index (χ0) is 23.5. The van der Waals surface area contributed by atoms with Gasteiger partial charge in [-0.2, -0.15) is 0 Å². The van der Waals surface area contributed by atoms with Crippen molar-refractivity contribution in [2.24, 2.45) is 0 Å². The molecule has 3 aromatic carbocycles. The number of amides is 1. The van der Waals surface area contributed by atoms with E-state index in [9.17, 15) is 4.79 Å². The van der Waals surface area contributed by atoms with Crippen molar-refractivity contribution >= 4 is 5.91 Å². The second kappa shape index (κ2) is 9.90. The fraction of sp³-hybridized carbons (Fsp3) is 0.345. The fourth-order valence-corrected chi connectivity index (χ4v) is 5.22. The molecule has 2 fully saturated rings. The maximum Gasteiger partial charge on any atom is 0.253 e. The van der Waals surface area contributed by atoms with E-state index in [1.54, 1.807) is 4.90 Å². The number of ether oxygens (including phenoxy) is 2. The summed E-state index contributed by atoms with van der Waals surface area (Å²) < 4.78 is 12.3. The number of rotatable bonds is 7. The monoisotopic (exact) mass is 456 g/mol. The van der Waals surface area contributed by atoms with E-state index in [4.69, 9.17) is 9.47 Å². The van der Waals surface area contributed by atoms with E-state index in [-0.39, 0.29) is 12.0 Å². The zero-order valence-electron chi connectivity index (χ0n) is 19.9. The highest BCUT2D eigenvalue weighted by molar-refractivity contribution is 5.94. The standard InChI is InChI=1S/C29H32N2O3/c1-30(29(32)21-12-16-26(17-13-21)33-25-9-4-3-5-10-25)20-22-8-6-7-11-28(22)34-27-18-23-14-15-24(19-27)31(23)2/h3-13,16-17,23-24,27H,14-15,18-20H2,1-2H3/t23-,24+,27?. The highest BCUT2D eigenvalue weighted by Gasteiger charge is 2.39. The third-order valence-corrected chi connectivity index (χ3v) is 7.16. The van der Waals surface area contributed by atoms with Crippen LogP contribution in [0.2, 0.25) is 0 Å². The van der Waals surface area contributed by atoms with E-state index < -0.39 is 0 Å². The highest BCUT2D eigenvalue weighted by atomic mass is 16.5. The van der Waals surface area contributed by atoms with Gasteiger partial charge >= 0.3 is 0 Å². The van der Waals surface area contributed by atoms with E-state index in [0.29, 0.717) is 29.9 Å². The van der Waals surface area contributed by atoms with Crippen LogP contribution in [0.25, 0.3) is 0 Å². The van der Waals surface area contributed by atoms with Crippen molar-refractivity contribution in [3.8, 4) is 17.2 Å². The first-order chi connectivity index (χ1) is 16.6. The molecule has 5 nitrogen and oxygen atoms in total. The smallest absolute Gasteiger partial charge is 0.253 e. The number of benzene rings is 3. The first-order valence-electron chi connectivity index (χ1n) is 12.1. The molecule has 5 rings (SSSR count). The molecule has 2 heterocycles. The Morgan fingerprint density at radius 1 is 0.882 bits per heavy atom. The van der Waals surface area contributed by atoms with Gasteiger partial charge in [-0.25, -0.2) is 0 Å². The van der Waals surface area contributed by atoms with Crippen LogP contribution < -0.4 is 9.47 Å². The van der Waals surface area contributed by atoms with E-state index in [1.807, 2.05) is 79.8 Å². The number of carbonyl (C=O) groups is 1. The summed E-state index contributed by atoms with van der Waals surface area (Å²) >= 11 is 0. The van der Waals surface area contributed by atoms with Crippen LogP contribution >= 0.6 is 0 Å². The summed E-state index contributed by atoms with van der Waals surface area (Å²) in [6.07, 6.45) is 4.94. The lowest BCUT2D eigenvalue weighted by molar-refractivity contribution is 0.0645. The summed E-state index contributed by atoms with van der Waals surface area (Å²) in [7, 11) is 4.08. The molecule has 2 saturated heterocycles. The minimum absolute atomic E-state index is 0.0293. The van der Waals surface area contributed by atoms with Gasteiger partial charge in [-0.1, -0.05) is 36.4 Å². The normalized spacial score (nSPS) is 21.8. The van der Waals surface area contributed by atoms with Crippen molar-refractivity contribution in [2.45, 2.75) is 50.4 Å². The van der Waals surface area contributed by atoms with Crippen LogP contribution in [-0.4, -0.2) is 48.0 Å². The predicted octanol–water partition coefficient (Wildman–Crippen LogP) is 5.76. The topological polar surface area (TPSA) is 42.0 Å². The van der Waals surface area contributed by atoms with Crippen LogP contribution in [-0.2, 0) is 6.54 Å². The number of piperidine rings is 1. The molecule has 2 aliphatic rings. The average molecular weight is 457 g/mol. The molecule has 34 heavy (non-hydrogen) atoms. The average Bonchev–Trinajstić information content (AvgIpc) is 3.05. The number of hydrogen-bond donors (Lipinski definition) is 0. The number of hydrogen-bond acceptors (Lipinski definition) is 4. The van der Waals surface area contributed by atoms with E-state index in [0.717, 1.165) is 29.9 Å². The summed E-state index contributed by atoms with van der Waals surface area (Å²) in [5.41, 5.74) is 1.67. The Labute approximate surface area is 201 Å². The third-order valence-electron chi connectivity index (χ3n) is 7.16. The van der Waals surface area contributed by atoms with E-state index in [1.165, 1.54) is 12.8 Å². The molecule has 0 aromatic heterocycles. The van der Waals surface area contributed by atoms with Gasteiger partial charge in [-0.15, -0.1) is 0 Å². The van der Waals surface area contributed by atoms with Crippen LogP contribution in [0.3, 0.4) is 0 Å². The lowest BCUT2D eigenvalue weighted by Gasteiger charge is -2.36. The third kappa shape index (κ3) is 4.95. The molecule has 0 radical (unpaired) electrons. The van der Waals surface area contributed by atoms with Crippen LogP contribution in [0.1, 0.15) is 41.6 Å². The lowest BCUT2D eigenvalue weighted by Crippen LogP contribution is -2.43. The first-order valence-corrected chi connectivity index (χ1v) is 12.1. The summed E-state index contributed by atoms with van der Waals surface area (Å²) in [6.45, 7) is 0.497. The Hall–Kier alpha value is -3.31. The number of para-hydroxylation sites is 2. The summed E-state index contributed by atoms with van der Waals surface area (Å²) in [4.78, 5) is 17.4. The molecule has 2 bridgehead atoms. The second-order valence-corrected chi connectivity index (χ2v) is 9.47. The van der Waals surface area contributed by atoms with Crippen molar-refractivity contribution < 1.29 is 14.3 Å². The quantitative estimate of drug-likeness (QED) is 0.454. The van der Waals surface area contributed by atoms with Crippen LogP contribution in [0.15, 0.2) is 78.9 Å². The SMILES string of the molecule is CN(Cc1ccccc1OC1C[C@H]2CC[C@@H](C1)N2C)C(=O)c1ccc(Oc2ccccc2)cc1. The molecule has 0 spiro atoms. The first kappa shape index (κ1) is 22.5. The highest BCUT2D eigenvalue weighted by Crippen LogP contribution is 2.36. The van der Waals surface area contributed by atoms with Crippen molar-refractivity contribution in [1.29, 1.82) is 0 Å². The summed E-state index contributed by atoms with van der Waals surface area (Å²) in [5.74, 6) is 2.34. The minimum Gasteiger partial charge on any atom is -0.490 e. The minimum atomic E-state index is -0.0293. The maximum atomic E-state index is 13.1. The summed E-state index contributed by atoms with van der Waals surface area (Å²) in [5, 5.41) is 0. The van der Waals surface area contributed by atoms with Gasteiger partial charge in [-0.05, 0) is 75.2 Å². The second-order valence-electron chi connectivity index (χ2n) is 9.47. The van der Waals surface area contributed by atoms with Crippen LogP contribution in [0.5, 0.6) is 17.2 Å². The van der Waals surface area contributed by atoms with Gasteiger partial charge in [0.25, 0.3) is 5.91 Å². The van der Waals surface area contributed by atoms with Gasteiger partial charge < -0.3 is 19.3 Å². The molecule has 1 amide bonds. The van der Waals surface area contributed by atoms with Crippen LogP contribution in [0.4, 0.5) is 0 Å². The van der Waals surface area contributed by atoms with E-state index in [2.05, 4.69) is 18.0 Å². The Morgan fingerprint density at radius 3 is 2.21 bits per heavy atom. The number of nitrogens with zero attached hydrogens (tertiary/aromatic N) is 2. The largest absolute Gasteiger partial charge is 0.490 e. The number of carbonyl (C=O) groups excluding carboxylic acids is 1. The lowest BCUT2D eigenvalue weighted by atomic mass is 10.0. The molecule has 3 atom stereocenters. The van der Waals surface area contributed by atoms with Crippen LogP contribution in [0, 0.1) is 0 Å². The van der Waals surface area contributed by atoms with Crippen molar-refractivity contribution in [3.05, 3.63) is 90.0 Å². The molecule has 176 valence electrons. The Morgan fingerprint density at radius 2 is 1.50 bits per heavy atom. The Bertz CT molecular complexity index is 1100.